The predicted molar refractivity (Wildman–Crippen MR) is 66.3 cm³/mol. The first kappa shape index (κ1) is 14.6. The van der Waals surface area contributed by atoms with E-state index in [2.05, 4.69) is 5.32 Å². The van der Waals surface area contributed by atoms with Crippen LogP contribution in [0.3, 0.4) is 0 Å². The lowest BCUT2D eigenvalue weighted by Crippen LogP contribution is -2.49. The fraction of sp³-hybridized carbons (Fsp3) is 0.636. The number of aliphatic hydroxyl groups excluding tert-OH is 2. The molecule has 1 rings (SSSR count). The highest BCUT2D eigenvalue weighted by Crippen LogP contribution is 2.02. The van der Waals surface area contributed by atoms with Crippen molar-refractivity contribution in [2.75, 3.05) is 13.2 Å². The Labute approximate surface area is 104 Å². The Bertz CT molecular complexity index is 528. The summed E-state index contributed by atoms with van der Waals surface area (Å²) >= 11 is 0. The summed E-state index contributed by atoms with van der Waals surface area (Å²) in [5.74, 6) is 0. The maximum Gasteiger partial charge on any atom is 0.330 e. The molecular weight excluding hydrogens is 238 g/mol. The average Bonchev–Trinajstić information content (AvgIpc) is 2.38. The van der Waals surface area contributed by atoms with Gasteiger partial charge in [0.2, 0.25) is 0 Å². The van der Waals surface area contributed by atoms with Crippen molar-refractivity contribution in [3.63, 3.8) is 0 Å². The molecule has 0 radical (unpaired) electrons. The summed E-state index contributed by atoms with van der Waals surface area (Å²) in [6.07, 6.45) is 0. The topological polar surface area (TPSA) is 96.5 Å². The van der Waals surface area contributed by atoms with Gasteiger partial charge in [-0.15, -0.1) is 0 Å². The van der Waals surface area contributed by atoms with E-state index in [1.807, 2.05) is 0 Å². The molecule has 7 heteroatoms. The molecule has 0 aliphatic heterocycles. The van der Waals surface area contributed by atoms with Crippen molar-refractivity contribution in [3.05, 3.63) is 32.6 Å². The zero-order valence-corrected chi connectivity index (χ0v) is 10.8. The van der Waals surface area contributed by atoms with Crippen molar-refractivity contribution in [3.8, 4) is 0 Å². The second kappa shape index (κ2) is 5.47. The van der Waals surface area contributed by atoms with Crippen LogP contribution in [0, 0.1) is 0 Å². The van der Waals surface area contributed by atoms with E-state index >= 15 is 0 Å². The van der Waals surface area contributed by atoms with E-state index < -0.39 is 11.2 Å². The van der Waals surface area contributed by atoms with Gasteiger partial charge in [0.05, 0.1) is 18.8 Å². The third-order valence-electron chi connectivity index (χ3n) is 3.02. The van der Waals surface area contributed by atoms with Gasteiger partial charge in [0.25, 0.3) is 5.56 Å². The molecule has 0 saturated carbocycles. The van der Waals surface area contributed by atoms with E-state index in [1.54, 1.807) is 14.0 Å². The molecule has 0 aliphatic rings. The van der Waals surface area contributed by atoms with Crippen LogP contribution in [-0.2, 0) is 20.6 Å². The molecule has 1 aromatic rings. The molecule has 7 nitrogen and oxygen atoms in total. The summed E-state index contributed by atoms with van der Waals surface area (Å²) in [6, 6.07) is 1.35. The Hall–Kier alpha value is -1.44. The van der Waals surface area contributed by atoms with Crippen molar-refractivity contribution in [1.29, 1.82) is 0 Å². The van der Waals surface area contributed by atoms with E-state index in [0.29, 0.717) is 5.69 Å². The largest absolute Gasteiger partial charge is 0.394 e. The van der Waals surface area contributed by atoms with Gasteiger partial charge in [0.15, 0.2) is 0 Å². The SMILES string of the molecule is Cn1c(CNC(C)(CO)CO)cc(=O)n(C)c1=O. The molecule has 0 bridgehead atoms. The lowest BCUT2D eigenvalue weighted by Gasteiger charge is -2.26. The van der Waals surface area contributed by atoms with E-state index in [1.165, 1.54) is 17.7 Å². The van der Waals surface area contributed by atoms with Crippen LogP contribution in [-0.4, -0.2) is 38.1 Å². The third kappa shape index (κ3) is 2.87. The number of nitrogens with one attached hydrogen (secondary N) is 1. The molecule has 0 fully saturated rings. The molecular formula is C11H19N3O4. The second-order valence-corrected chi connectivity index (χ2v) is 4.60. The summed E-state index contributed by atoms with van der Waals surface area (Å²) in [7, 11) is 2.97. The first-order chi connectivity index (χ1) is 8.34. The average molecular weight is 257 g/mol. The molecule has 0 unspecified atom stereocenters. The maximum absolute atomic E-state index is 11.7. The summed E-state index contributed by atoms with van der Waals surface area (Å²) < 4.78 is 2.37. The highest BCUT2D eigenvalue weighted by molar-refractivity contribution is 5.03. The summed E-state index contributed by atoms with van der Waals surface area (Å²) in [4.78, 5) is 23.2. The normalized spacial score (nSPS) is 11.8. The van der Waals surface area contributed by atoms with Crippen LogP contribution in [0.4, 0.5) is 0 Å². The van der Waals surface area contributed by atoms with E-state index in [9.17, 15) is 9.59 Å². The van der Waals surface area contributed by atoms with Crippen LogP contribution in [0.1, 0.15) is 12.6 Å². The molecule has 0 saturated heterocycles. The monoisotopic (exact) mass is 257 g/mol. The first-order valence-electron chi connectivity index (χ1n) is 5.57. The molecule has 3 N–H and O–H groups in total. The van der Waals surface area contributed by atoms with Crippen molar-refractivity contribution in [2.24, 2.45) is 14.1 Å². The third-order valence-corrected chi connectivity index (χ3v) is 3.02. The molecule has 0 amide bonds. The molecule has 0 aromatic carbocycles. The standard InChI is InChI=1S/C11H19N3O4/c1-11(6-15,7-16)12-5-8-4-9(17)14(3)10(18)13(8)2/h4,12,15-16H,5-7H2,1-3H3. The molecule has 0 atom stereocenters. The van der Waals surface area contributed by atoms with E-state index in [-0.39, 0.29) is 25.3 Å². The van der Waals surface area contributed by atoms with Gasteiger partial charge in [-0.2, -0.15) is 0 Å². The highest BCUT2D eigenvalue weighted by atomic mass is 16.3. The number of hydrogen-bond donors (Lipinski definition) is 3. The van der Waals surface area contributed by atoms with Gasteiger partial charge in [-0.3, -0.25) is 13.9 Å². The van der Waals surface area contributed by atoms with E-state index in [0.717, 1.165) is 4.57 Å². The highest BCUT2D eigenvalue weighted by Gasteiger charge is 2.21. The van der Waals surface area contributed by atoms with Crippen LogP contribution < -0.4 is 16.6 Å². The van der Waals surface area contributed by atoms with Crippen molar-refractivity contribution in [2.45, 2.75) is 19.0 Å². The number of aliphatic hydroxyl groups is 2. The van der Waals surface area contributed by atoms with E-state index in [4.69, 9.17) is 10.2 Å². The number of nitrogens with zero attached hydrogens (tertiary/aromatic N) is 2. The van der Waals surface area contributed by atoms with Gasteiger partial charge in [-0.1, -0.05) is 0 Å². The zero-order valence-electron chi connectivity index (χ0n) is 10.8. The van der Waals surface area contributed by atoms with Crippen molar-refractivity contribution >= 4 is 0 Å². The quantitative estimate of drug-likeness (QED) is 0.562. The summed E-state index contributed by atoms with van der Waals surface area (Å²) in [6.45, 7) is 1.36. The minimum absolute atomic E-state index is 0.208. The maximum atomic E-state index is 11.7. The fourth-order valence-corrected chi connectivity index (χ4v) is 1.41. The lowest BCUT2D eigenvalue weighted by atomic mass is 10.1. The van der Waals surface area contributed by atoms with Crippen molar-refractivity contribution in [1.82, 2.24) is 14.5 Å². The Morgan fingerprint density at radius 3 is 2.28 bits per heavy atom. The van der Waals surface area contributed by atoms with Crippen LogP contribution >= 0.6 is 0 Å². The molecule has 18 heavy (non-hydrogen) atoms. The fourth-order valence-electron chi connectivity index (χ4n) is 1.41. The first-order valence-corrected chi connectivity index (χ1v) is 5.57. The predicted octanol–water partition coefficient (Wildman–Crippen LogP) is -2.08. The van der Waals surface area contributed by atoms with Crippen LogP contribution in [0.5, 0.6) is 0 Å². The van der Waals surface area contributed by atoms with Gasteiger partial charge < -0.3 is 15.5 Å². The molecule has 102 valence electrons. The summed E-state index contributed by atoms with van der Waals surface area (Å²) in [5, 5.41) is 21.2. The Morgan fingerprint density at radius 1 is 1.22 bits per heavy atom. The lowest BCUT2D eigenvalue weighted by molar-refractivity contribution is 0.102. The minimum atomic E-state index is -0.850. The number of aromatic nitrogens is 2. The Kier molecular flexibility index (Phi) is 4.44. The molecule has 1 aromatic heterocycles. The van der Waals surface area contributed by atoms with Gasteiger partial charge in [0.1, 0.15) is 0 Å². The van der Waals surface area contributed by atoms with Crippen LogP contribution in [0.2, 0.25) is 0 Å². The number of rotatable bonds is 5. The zero-order chi connectivity index (χ0) is 13.9. The van der Waals surface area contributed by atoms with Crippen molar-refractivity contribution < 1.29 is 10.2 Å². The van der Waals surface area contributed by atoms with Gasteiger partial charge in [-0.05, 0) is 6.92 Å². The molecule has 0 aliphatic carbocycles. The van der Waals surface area contributed by atoms with Gasteiger partial charge in [0, 0.05) is 32.4 Å². The van der Waals surface area contributed by atoms with Gasteiger partial charge >= 0.3 is 5.69 Å². The second-order valence-electron chi connectivity index (χ2n) is 4.60. The minimum Gasteiger partial charge on any atom is -0.394 e. The molecule has 1 heterocycles. The summed E-state index contributed by atoms with van der Waals surface area (Å²) in [5.41, 5.74) is -1.15. The smallest absolute Gasteiger partial charge is 0.330 e. The Balaban J connectivity index is 3.00. The molecule has 0 spiro atoms. The number of hydrogen-bond acceptors (Lipinski definition) is 5. The Morgan fingerprint density at radius 2 is 1.78 bits per heavy atom. The van der Waals surface area contributed by atoms with Gasteiger partial charge in [-0.25, -0.2) is 4.79 Å². The van der Waals surface area contributed by atoms with Crippen LogP contribution in [0.15, 0.2) is 15.7 Å². The van der Waals surface area contributed by atoms with Crippen LogP contribution in [0.25, 0.3) is 0 Å².